The molecule has 1 aromatic heterocycles. The van der Waals surface area contributed by atoms with Gasteiger partial charge in [0.15, 0.2) is 5.82 Å². The van der Waals surface area contributed by atoms with Gasteiger partial charge >= 0.3 is 0 Å². The quantitative estimate of drug-likeness (QED) is 0.796. The zero-order valence-electron chi connectivity index (χ0n) is 9.51. The second kappa shape index (κ2) is 4.66. The van der Waals surface area contributed by atoms with Gasteiger partial charge in [-0.1, -0.05) is 12.1 Å². The lowest BCUT2D eigenvalue weighted by Crippen LogP contribution is -2.11. The van der Waals surface area contributed by atoms with Crippen LogP contribution >= 0.6 is 0 Å². The normalized spacial score (nSPS) is 10.1. The number of aromatic nitrogens is 2. The Kier molecular flexibility index (Phi) is 3.05. The Hall–Kier alpha value is -2.70. The molecule has 92 valence electrons. The molecule has 0 unspecified atom stereocenters. The van der Waals surface area contributed by atoms with E-state index in [2.05, 4.69) is 15.1 Å². The molecule has 7 nitrogen and oxygen atoms in total. The molecule has 0 saturated heterocycles. The second-order valence-corrected chi connectivity index (χ2v) is 3.47. The van der Waals surface area contributed by atoms with Crippen LogP contribution in [0.15, 0.2) is 34.2 Å². The first-order valence-electron chi connectivity index (χ1n) is 5.03. The van der Waals surface area contributed by atoms with Crippen LogP contribution in [0.5, 0.6) is 5.75 Å². The van der Waals surface area contributed by atoms with E-state index in [0.29, 0.717) is 11.3 Å². The SMILES string of the molecule is COc1cccc(-c2nc(N)c(N=O)c(=O)[nH]2)c1. The summed E-state index contributed by atoms with van der Waals surface area (Å²) >= 11 is 0. The number of nitrogens with zero attached hydrogens (tertiary/aromatic N) is 2. The first kappa shape index (κ1) is 11.8. The molecule has 1 heterocycles. The highest BCUT2D eigenvalue weighted by molar-refractivity contribution is 5.63. The number of hydrogen-bond donors (Lipinski definition) is 2. The minimum atomic E-state index is -0.671. The highest BCUT2D eigenvalue weighted by atomic mass is 16.5. The predicted octanol–water partition coefficient (Wildman–Crippen LogP) is 1.43. The monoisotopic (exact) mass is 246 g/mol. The highest BCUT2D eigenvalue weighted by Crippen LogP contribution is 2.22. The smallest absolute Gasteiger partial charge is 0.282 e. The summed E-state index contributed by atoms with van der Waals surface area (Å²) < 4.78 is 5.06. The summed E-state index contributed by atoms with van der Waals surface area (Å²) in [6.07, 6.45) is 0. The van der Waals surface area contributed by atoms with Crippen LogP contribution in [-0.4, -0.2) is 17.1 Å². The lowest BCUT2D eigenvalue weighted by Gasteiger charge is -2.05. The summed E-state index contributed by atoms with van der Waals surface area (Å²) in [4.78, 5) is 28.3. The summed E-state index contributed by atoms with van der Waals surface area (Å²) in [5.41, 5.74) is 5.02. The van der Waals surface area contributed by atoms with Gasteiger partial charge in [-0.05, 0) is 17.3 Å². The molecule has 0 fully saturated rings. The van der Waals surface area contributed by atoms with E-state index in [1.54, 1.807) is 24.3 Å². The predicted molar refractivity (Wildman–Crippen MR) is 66.7 cm³/mol. The van der Waals surface area contributed by atoms with E-state index in [4.69, 9.17) is 10.5 Å². The Labute approximate surface area is 102 Å². The Morgan fingerprint density at radius 2 is 2.22 bits per heavy atom. The van der Waals surface area contributed by atoms with Crippen LogP contribution in [0.2, 0.25) is 0 Å². The second-order valence-electron chi connectivity index (χ2n) is 3.47. The van der Waals surface area contributed by atoms with Crippen molar-refractivity contribution >= 4 is 11.5 Å². The van der Waals surface area contributed by atoms with Gasteiger partial charge in [-0.2, -0.15) is 0 Å². The van der Waals surface area contributed by atoms with Crippen LogP contribution in [0.4, 0.5) is 11.5 Å². The van der Waals surface area contributed by atoms with Gasteiger partial charge in [-0.15, -0.1) is 4.91 Å². The van der Waals surface area contributed by atoms with E-state index in [-0.39, 0.29) is 11.6 Å². The van der Waals surface area contributed by atoms with Gasteiger partial charge in [-0.25, -0.2) is 4.98 Å². The molecular formula is C11H10N4O3. The topological polar surface area (TPSA) is 110 Å². The molecule has 0 aliphatic rings. The lowest BCUT2D eigenvalue weighted by atomic mass is 10.2. The number of anilines is 1. The molecule has 1 aromatic carbocycles. The fraction of sp³-hybridized carbons (Fsp3) is 0.0909. The maximum atomic E-state index is 11.5. The Bertz CT molecular complexity index is 651. The van der Waals surface area contributed by atoms with Gasteiger partial charge in [0, 0.05) is 5.56 Å². The lowest BCUT2D eigenvalue weighted by molar-refractivity contribution is 0.415. The number of H-pyrrole nitrogens is 1. The molecule has 0 spiro atoms. The molecule has 0 aliphatic heterocycles. The number of rotatable bonds is 3. The first-order chi connectivity index (χ1) is 8.65. The molecule has 0 saturated carbocycles. The minimum Gasteiger partial charge on any atom is -0.497 e. The molecule has 18 heavy (non-hydrogen) atoms. The first-order valence-corrected chi connectivity index (χ1v) is 5.03. The fourth-order valence-corrected chi connectivity index (χ4v) is 1.48. The summed E-state index contributed by atoms with van der Waals surface area (Å²) in [7, 11) is 1.53. The van der Waals surface area contributed by atoms with E-state index in [1.807, 2.05) is 0 Å². The van der Waals surface area contributed by atoms with Crippen molar-refractivity contribution in [2.45, 2.75) is 0 Å². The van der Waals surface area contributed by atoms with Gasteiger partial charge in [0.2, 0.25) is 5.69 Å². The van der Waals surface area contributed by atoms with Crippen molar-refractivity contribution < 1.29 is 4.74 Å². The summed E-state index contributed by atoms with van der Waals surface area (Å²) in [6.45, 7) is 0. The molecule has 7 heteroatoms. The van der Waals surface area contributed by atoms with Crippen molar-refractivity contribution in [2.24, 2.45) is 5.18 Å². The number of benzene rings is 1. The molecular weight excluding hydrogens is 236 g/mol. The summed E-state index contributed by atoms with van der Waals surface area (Å²) in [5, 5.41) is 2.53. The van der Waals surface area contributed by atoms with Crippen LogP contribution in [0.1, 0.15) is 0 Å². The molecule has 2 aromatic rings. The van der Waals surface area contributed by atoms with Gasteiger partial charge in [0.25, 0.3) is 5.56 Å². The molecule has 0 atom stereocenters. The van der Waals surface area contributed by atoms with Crippen molar-refractivity contribution in [3.8, 4) is 17.1 Å². The van der Waals surface area contributed by atoms with Crippen LogP contribution in [0.25, 0.3) is 11.4 Å². The van der Waals surface area contributed by atoms with Gasteiger partial charge in [-0.3, -0.25) is 4.79 Å². The van der Waals surface area contributed by atoms with Crippen LogP contribution in [0, 0.1) is 4.91 Å². The van der Waals surface area contributed by atoms with Crippen molar-refractivity contribution in [2.75, 3.05) is 12.8 Å². The van der Waals surface area contributed by atoms with Crippen LogP contribution in [0.3, 0.4) is 0 Å². The highest BCUT2D eigenvalue weighted by Gasteiger charge is 2.10. The third-order valence-electron chi connectivity index (χ3n) is 2.36. The van der Waals surface area contributed by atoms with E-state index >= 15 is 0 Å². The zero-order chi connectivity index (χ0) is 13.1. The standard InChI is InChI=1S/C11H10N4O3/c1-18-7-4-2-3-6(5-7)10-13-9(12)8(15-17)11(16)14-10/h2-5H,1H3,(H3,12,13,14,16). The van der Waals surface area contributed by atoms with Gasteiger partial charge in [0.1, 0.15) is 11.6 Å². The van der Waals surface area contributed by atoms with Crippen molar-refractivity contribution in [1.82, 2.24) is 9.97 Å². The number of aromatic amines is 1. The number of nitrogens with two attached hydrogens (primary N) is 1. The molecule has 0 aliphatic carbocycles. The largest absolute Gasteiger partial charge is 0.497 e. The number of nitrogen functional groups attached to an aromatic ring is 1. The molecule has 0 amide bonds. The van der Waals surface area contributed by atoms with E-state index in [1.165, 1.54) is 7.11 Å². The average Bonchev–Trinajstić information content (AvgIpc) is 2.38. The van der Waals surface area contributed by atoms with Gasteiger partial charge < -0.3 is 15.5 Å². The molecule has 0 bridgehead atoms. The van der Waals surface area contributed by atoms with E-state index in [0.717, 1.165) is 0 Å². The maximum Gasteiger partial charge on any atom is 0.282 e. The number of nitrogens with one attached hydrogen (secondary N) is 1. The van der Waals surface area contributed by atoms with E-state index < -0.39 is 11.2 Å². The van der Waals surface area contributed by atoms with Crippen molar-refractivity contribution in [3.63, 3.8) is 0 Å². The Morgan fingerprint density at radius 3 is 2.83 bits per heavy atom. The van der Waals surface area contributed by atoms with Crippen LogP contribution < -0.4 is 16.0 Å². The van der Waals surface area contributed by atoms with Crippen LogP contribution in [-0.2, 0) is 0 Å². The third-order valence-corrected chi connectivity index (χ3v) is 2.36. The Balaban J connectivity index is 2.58. The zero-order valence-corrected chi connectivity index (χ0v) is 9.51. The van der Waals surface area contributed by atoms with Crippen molar-refractivity contribution in [1.29, 1.82) is 0 Å². The number of nitroso groups, excluding NO2 is 1. The van der Waals surface area contributed by atoms with Crippen molar-refractivity contribution in [3.05, 3.63) is 39.5 Å². The number of methoxy groups -OCH3 is 1. The number of ether oxygens (including phenoxy) is 1. The summed E-state index contributed by atoms with van der Waals surface area (Å²) in [6, 6.07) is 6.92. The number of hydrogen-bond acceptors (Lipinski definition) is 6. The molecule has 0 radical (unpaired) electrons. The summed E-state index contributed by atoms with van der Waals surface area (Å²) in [5.74, 6) is 0.668. The van der Waals surface area contributed by atoms with Gasteiger partial charge in [0.05, 0.1) is 7.11 Å². The minimum absolute atomic E-state index is 0.202. The average molecular weight is 246 g/mol. The molecule has 3 N–H and O–H groups in total. The van der Waals surface area contributed by atoms with E-state index in [9.17, 15) is 9.70 Å². The maximum absolute atomic E-state index is 11.5. The third kappa shape index (κ3) is 2.05. The molecule has 2 rings (SSSR count). The fourth-order valence-electron chi connectivity index (χ4n) is 1.48. The Morgan fingerprint density at radius 1 is 1.44 bits per heavy atom.